The van der Waals surface area contributed by atoms with Crippen molar-refractivity contribution in [3.63, 3.8) is 0 Å². The van der Waals surface area contributed by atoms with E-state index in [2.05, 4.69) is 28.6 Å². The van der Waals surface area contributed by atoms with Crippen molar-refractivity contribution < 1.29 is 0 Å². The first kappa shape index (κ1) is 13.7. The first-order chi connectivity index (χ1) is 9.76. The SMILES string of the molecule is CCSC1CCCC1n1c(=S)[nH]c2c(C#N)cccc21. The molecule has 1 fully saturated rings. The van der Waals surface area contributed by atoms with Gasteiger partial charge in [0.15, 0.2) is 4.77 Å². The highest BCUT2D eigenvalue weighted by Gasteiger charge is 2.30. The fraction of sp³-hybridized carbons (Fsp3) is 0.467. The zero-order valence-electron chi connectivity index (χ0n) is 11.4. The maximum absolute atomic E-state index is 9.22. The van der Waals surface area contributed by atoms with Crippen molar-refractivity contribution in [2.45, 2.75) is 37.5 Å². The molecule has 20 heavy (non-hydrogen) atoms. The minimum absolute atomic E-state index is 0.454. The number of para-hydroxylation sites is 1. The molecule has 1 aliphatic rings. The summed E-state index contributed by atoms with van der Waals surface area (Å²) in [6.45, 7) is 2.21. The van der Waals surface area contributed by atoms with E-state index in [1.807, 2.05) is 23.9 Å². The standard InChI is InChI=1S/C15H17N3S2/c1-2-20-13-8-4-6-11(13)18-12-7-3-5-10(9-16)14(12)17-15(18)19/h3,5,7,11,13H,2,4,6,8H2,1H3,(H,17,19). The van der Waals surface area contributed by atoms with Crippen LogP contribution < -0.4 is 0 Å². The maximum Gasteiger partial charge on any atom is 0.178 e. The van der Waals surface area contributed by atoms with E-state index in [4.69, 9.17) is 12.2 Å². The summed E-state index contributed by atoms with van der Waals surface area (Å²) in [5.41, 5.74) is 2.62. The minimum atomic E-state index is 0.454. The molecule has 104 valence electrons. The zero-order chi connectivity index (χ0) is 14.1. The smallest absolute Gasteiger partial charge is 0.178 e. The molecule has 1 heterocycles. The lowest BCUT2D eigenvalue weighted by Gasteiger charge is -2.21. The van der Waals surface area contributed by atoms with Crippen LogP contribution in [-0.2, 0) is 0 Å². The number of benzene rings is 1. The summed E-state index contributed by atoms with van der Waals surface area (Å²) in [4.78, 5) is 3.23. The predicted molar refractivity (Wildman–Crippen MR) is 86.6 cm³/mol. The molecule has 0 radical (unpaired) electrons. The summed E-state index contributed by atoms with van der Waals surface area (Å²) in [5.74, 6) is 1.14. The lowest BCUT2D eigenvalue weighted by molar-refractivity contribution is 0.536. The van der Waals surface area contributed by atoms with E-state index >= 15 is 0 Å². The lowest BCUT2D eigenvalue weighted by atomic mass is 10.2. The zero-order valence-corrected chi connectivity index (χ0v) is 13.1. The summed E-state index contributed by atoms with van der Waals surface area (Å²) in [7, 11) is 0. The van der Waals surface area contributed by atoms with Gasteiger partial charge >= 0.3 is 0 Å². The third-order valence-electron chi connectivity index (χ3n) is 4.00. The van der Waals surface area contributed by atoms with Gasteiger partial charge in [0, 0.05) is 11.3 Å². The molecule has 1 saturated carbocycles. The molecular weight excluding hydrogens is 286 g/mol. The van der Waals surface area contributed by atoms with Gasteiger partial charge in [0.25, 0.3) is 0 Å². The Morgan fingerprint density at radius 1 is 1.50 bits per heavy atom. The highest BCUT2D eigenvalue weighted by molar-refractivity contribution is 7.99. The summed E-state index contributed by atoms with van der Waals surface area (Å²) in [5, 5.41) is 9.86. The van der Waals surface area contributed by atoms with Gasteiger partial charge in [-0.15, -0.1) is 0 Å². The summed E-state index contributed by atoms with van der Waals surface area (Å²) >= 11 is 7.55. The van der Waals surface area contributed by atoms with Crippen molar-refractivity contribution in [3.8, 4) is 6.07 Å². The molecule has 1 aromatic carbocycles. The fourth-order valence-corrected chi connectivity index (χ4v) is 4.76. The van der Waals surface area contributed by atoms with Crippen LogP contribution >= 0.6 is 24.0 Å². The molecule has 0 saturated heterocycles. The third-order valence-corrected chi connectivity index (χ3v) is 5.61. The Balaban J connectivity index is 2.15. The number of hydrogen-bond donors (Lipinski definition) is 1. The molecule has 3 nitrogen and oxygen atoms in total. The van der Waals surface area contributed by atoms with E-state index in [-0.39, 0.29) is 0 Å². The highest BCUT2D eigenvalue weighted by Crippen LogP contribution is 2.40. The van der Waals surface area contributed by atoms with Crippen molar-refractivity contribution in [3.05, 3.63) is 28.5 Å². The van der Waals surface area contributed by atoms with Crippen LogP contribution in [0.4, 0.5) is 0 Å². The summed E-state index contributed by atoms with van der Waals surface area (Å²) in [6, 6.07) is 8.54. The van der Waals surface area contributed by atoms with E-state index in [0.29, 0.717) is 16.9 Å². The molecule has 1 N–H and O–H groups in total. The number of aromatic amines is 1. The lowest BCUT2D eigenvalue weighted by Crippen LogP contribution is -2.16. The number of imidazole rings is 1. The van der Waals surface area contributed by atoms with Gasteiger partial charge in [-0.1, -0.05) is 19.4 Å². The molecule has 2 atom stereocenters. The van der Waals surface area contributed by atoms with Crippen LogP contribution in [0.25, 0.3) is 11.0 Å². The third kappa shape index (κ3) is 2.17. The molecule has 0 amide bonds. The van der Waals surface area contributed by atoms with Gasteiger partial charge in [0.1, 0.15) is 6.07 Å². The number of nitriles is 1. The Labute approximate surface area is 128 Å². The van der Waals surface area contributed by atoms with Crippen molar-refractivity contribution in [1.82, 2.24) is 9.55 Å². The van der Waals surface area contributed by atoms with Gasteiger partial charge < -0.3 is 9.55 Å². The second-order valence-electron chi connectivity index (χ2n) is 5.10. The molecule has 3 rings (SSSR count). The number of thioether (sulfide) groups is 1. The number of nitrogens with zero attached hydrogens (tertiary/aromatic N) is 2. The Kier molecular flexibility index (Phi) is 3.86. The monoisotopic (exact) mass is 303 g/mol. The van der Waals surface area contributed by atoms with Gasteiger partial charge in [0.2, 0.25) is 0 Å². The van der Waals surface area contributed by atoms with Crippen molar-refractivity contribution in [2.24, 2.45) is 0 Å². The number of aromatic nitrogens is 2. The van der Waals surface area contributed by atoms with Crippen LogP contribution in [0, 0.1) is 16.1 Å². The van der Waals surface area contributed by atoms with Gasteiger partial charge in [0.05, 0.1) is 16.6 Å². The van der Waals surface area contributed by atoms with Crippen LogP contribution in [0.3, 0.4) is 0 Å². The number of fused-ring (bicyclic) bond motifs is 1. The van der Waals surface area contributed by atoms with Crippen LogP contribution in [0.15, 0.2) is 18.2 Å². The quantitative estimate of drug-likeness (QED) is 0.854. The number of hydrogen-bond acceptors (Lipinski definition) is 3. The predicted octanol–water partition coefficient (Wildman–Crippen LogP) is 4.42. The van der Waals surface area contributed by atoms with E-state index in [1.165, 1.54) is 19.3 Å². The number of H-pyrrole nitrogens is 1. The Morgan fingerprint density at radius 2 is 2.35 bits per heavy atom. The fourth-order valence-electron chi connectivity index (χ4n) is 3.18. The highest BCUT2D eigenvalue weighted by atomic mass is 32.2. The molecule has 2 aromatic rings. The van der Waals surface area contributed by atoms with Crippen LogP contribution in [0.5, 0.6) is 0 Å². The molecule has 0 aliphatic heterocycles. The summed E-state index contributed by atoms with van der Waals surface area (Å²) < 4.78 is 2.99. The van der Waals surface area contributed by atoms with Gasteiger partial charge in [-0.2, -0.15) is 17.0 Å². The Hall–Kier alpha value is -1.25. The topological polar surface area (TPSA) is 44.5 Å². The Bertz CT molecular complexity index is 723. The maximum atomic E-state index is 9.22. The van der Waals surface area contributed by atoms with E-state index in [9.17, 15) is 5.26 Å². The van der Waals surface area contributed by atoms with E-state index in [1.54, 1.807) is 0 Å². The molecule has 0 bridgehead atoms. The van der Waals surface area contributed by atoms with E-state index in [0.717, 1.165) is 21.6 Å². The second-order valence-corrected chi connectivity index (χ2v) is 7.01. The number of nitrogens with one attached hydrogen (secondary N) is 1. The van der Waals surface area contributed by atoms with Crippen molar-refractivity contribution in [2.75, 3.05) is 5.75 Å². The van der Waals surface area contributed by atoms with Gasteiger partial charge in [-0.3, -0.25) is 0 Å². The molecule has 1 aliphatic carbocycles. The first-order valence-corrected chi connectivity index (χ1v) is 8.47. The largest absolute Gasteiger partial charge is 0.329 e. The molecule has 1 aromatic heterocycles. The number of rotatable bonds is 3. The summed E-state index contributed by atoms with van der Waals surface area (Å²) in [6.07, 6.45) is 3.69. The normalized spacial score (nSPS) is 22.2. The van der Waals surface area contributed by atoms with Crippen LogP contribution in [0.1, 0.15) is 37.8 Å². The minimum Gasteiger partial charge on any atom is -0.329 e. The van der Waals surface area contributed by atoms with E-state index < -0.39 is 0 Å². The van der Waals surface area contributed by atoms with Crippen LogP contribution in [-0.4, -0.2) is 20.6 Å². The van der Waals surface area contributed by atoms with Crippen molar-refractivity contribution >= 4 is 35.0 Å². The Morgan fingerprint density at radius 3 is 3.10 bits per heavy atom. The molecule has 0 spiro atoms. The average Bonchev–Trinajstić information content (AvgIpc) is 3.01. The van der Waals surface area contributed by atoms with Gasteiger partial charge in [-0.25, -0.2) is 0 Å². The second kappa shape index (κ2) is 5.63. The van der Waals surface area contributed by atoms with Crippen LogP contribution in [0.2, 0.25) is 0 Å². The molecule has 2 unspecified atom stereocenters. The van der Waals surface area contributed by atoms with Gasteiger partial charge in [-0.05, 0) is 42.9 Å². The molecule has 5 heteroatoms. The molecular formula is C15H17N3S2. The average molecular weight is 303 g/mol. The van der Waals surface area contributed by atoms with Crippen molar-refractivity contribution in [1.29, 1.82) is 5.26 Å². The first-order valence-electron chi connectivity index (χ1n) is 7.01.